The molecular weight excluding hydrogens is 400 g/mol. The van der Waals surface area contributed by atoms with Crippen LogP contribution in [-0.4, -0.2) is 35.2 Å². The van der Waals surface area contributed by atoms with Crippen LogP contribution < -0.4 is 16.0 Å². The van der Waals surface area contributed by atoms with Crippen molar-refractivity contribution in [2.75, 3.05) is 23.7 Å². The summed E-state index contributed by atoms with van der Waals surface area (Å²) in [4.78, 5) is 15.7. The van der Waals surface area contributed by atoms with Gasteiger partial charge in [-0.25, -0.2) is 4.98 Å². The molecule has 0 unspecified atom stereocenters. The van der Waals surface area contributed by atoms with Crippen LogP contribution in [0.1, 0.15) is 41.1 Å². The highest BCUT2D eigenvalue weighted by atomic mass is 16.4. The average molecular weight is 431 g/mol. The lowest BCUT2D eigenvalue weighted by molar-refractivity contribution is -0.136. The number of fused-ring (bicyclic) bond motifs is 1. The molecule has 0 saturated heterocycles. The Bertz CT molecular complexity index is 1070. The van der Waals surface area contributed by atoms with Gasteiger partial charge >= 0.3 is 5.97 Å². The minimum atomic E-state index is -0.801. The van der Waals surface area contributed by atoms with Crippen LogP contribution in [0.4, 0.5) is 11.5 Å². The lowest BCUT2D eigenvalue weighted by Crippen LogP contribution is -2.45. The maximum atomic E-state index is 11.2. The molecule has 0 fully saturated rings. The lowest BCUT2D eigenvalue weighted by atomic mass is 9.91. The van der Waals surface area contributed by atoms with Crippen LogP contribution >= 0.6 is 0 Å². The Kier molecular flexibility index (Phi) is 6.71. The first-order valence-corrected chi connectivity index (χ1v) is 11.1. The zero-order valence-electron chi connectivity index (χ0n) is 18.5. The van der Waals surface area contributed by atoms with E-state index in [0.717, 1.165) is 35.7 Å². The minimum Gasteiger partial charge on any atom is -0.481 e. The number of carboxylic acid groups (broad SMARTS) is 1. The number of hydrogen-bond acceptors (Lipinski definition) is 5. The van der Waals surface area contributed by atoms with Crippen LogP contribution in [-0.2, 0) is 11.2 Å². The van der Waals surface area contributed by atoms with E-state index in [1.807, 2.05) is 37.3 Å². The highest BCUT2D eigenvalue weighted by Crippen LogP contribution is 2.29. The molecule has 2 heterocycles. The summed E-state index contributed by atoms with van der Waals surface area (Å²) in [5, 5.41) is 20.1. The third-order valence-corrected chi connectivity index (χ3v) is 6.21. The van der Waals surface area contributed by atoms with E-state index < -0.39 is 5.97 Å². The van der Waals surface area contributed by atoms with E-state index in [1.54, 1.807) is 6.20 Å². The van der Waals surface area contributed by atoms with Crippen molar-refractivity contribution in [3.8, 4) is 0 Å². The monoisotopic (exact) mass is 430 g/mol. The highest BCUT2D eigenvalue weighted by molar-refractivity contribution is 5.71. The van der Waals surface area contributed by atoms with Gasteiger partial charge in [0.1, 0.15) is 5.82 Å². The summed E-state index contributed by atoms with van der Waals surface area (Å²) in [6.45, 7) is 5.76. The molecule has 0 amide bonds. The Balaban J connectivity index is 1.52. The number of anilines is 2. The molecular formula is C26H30N4O2. The van der Waals surface area contributed by atoms with Crippen molar-refractivity contribution in [3.63, 3.8) is 0 Å². The van der Waals surface area contributed by atoms with E-state index in [-0.39, 0.29) is 24.4 Å². The maximum absolute atomic E-state index is 11.2. The molecule has 0 aliphatic carbocycles. The summed E-state index contributed by atoms with van der Waals surface area (Å²) in [5.74, 6) is 0.304. The topological polar surface area (TPSA) is 86.3 Å². The summed E-state index contributed by atoms with van der Waals surface area (Å²) < 4.78 is 0. The fourth-order valence-electron chi connectivity index (χ4n) is 4.47. The Labute approximate surface area is 189 Å². The molecule has 32 heavy (non-hydrogen) atoms. The number of aliphatic carboxylic acids is 1. The Morgan fingerprint density at radius 2 is 1.97 bits per heavy atom. The molecule has 3 aromatic rings. The summed E-state index contributed by atoms with van der Waals surface area (Å²) >= 11 is 0. The molecule has 0 bridgehead atoms. The lowest BCUT2D eigenvalue weighted by Gasteiger charge is -2.35. The number of rotatable bonds is 8. The van der Waals surface area contributed by atoms with Gasteiger partial charge in [0.15, 0.2) is 0 Å². The minimum absolute atomic E-state index is 0.0521. The van der Waals surface area contributed by atoms with E-state index in [9.17, 15) is 9.90 Å². The molecule has 6 heteroatoms. The second-order valence-electron chi connectivity index (χ2n) is 8.43. The van der Waals surface area contributed by atoms with Crippen molar-refractivity contribution >= 4 is 17.5 Å². The highest BCUT2D eigenvalue weighted by Gasteiger charge is 2.28. The number of benzene rings is 2. The summed E-state index contributed by atoms with van der Waals surface area (Å²) in [5.41, 5.74) is 5.37. The van der Waals surface area contributed by atoms with Crippen molar-refractivity contribution in [3.05, 3.63) is 89.1 Å². The molecule has 1 aliphatic heterocycles. The van der Waals surface area contributed by atoms with Crippen LogP contribution in [0, 0.1) is 6.92 Å². The zero-order chi connectivity index (χ0) is 22.5. The number of carbonyl (C=O) groups is 1. The van der Waals surface area contributed by atoms with E-state index in [4.69, 9.17) is 0 Å². The summed E-state index contributed by atoms with van der Waals surface area (Å²) in [7, 11) is 0. The number of nitrogens with zero attached hydrogens (tertiary/aromatic N) is 1. The molecule has 0 saturated carbocycles. The number of pyridine rings is 1. The van der Waals surface area contributed by atoms with Gasteiger partial charge in [0.2, 0.25) is 0 Å². The number of aromatic nitrogens is 1. The van der Waals surface area contributed by atoms with E-state index >= 15 is 0 Å². The van der Waals surface area contributed by atoms with Crippen molar-refractivity contribution in [1.29, 1.82) is 0 Å². The Hall–Kier alpha value is -3.38. The predicted molar refractivity (Wildman–Crippen MR) is 128 cm³/mol. The van der Waals surface area contributed by atoms with Crippen LogP contribution in [0.5, 0.6) is 0 Å². The smallest absolute Gasteiger partial charge is 0.307 e. The van der Waals surface area contributed by atoms with E-state index in [0.29, 0.717) is 0 Å². The molecule has 166 valence electrons. The van der Waals surface area contributed by atoms with E-state index in [1.165, 1.54) is 11.1 Å². The first-order chi connectivity index (χ1) is 15.5. The standard InChI is InChI=1S/C26H30N4O2/c1-17(21-11-6-10-20(18(21)2)14-24(31)32)15-29-25(19-8-4-3-5-9-19)23-16-28-22-12-7-13-27-26(22)30-23/h3-13,17,23,25,28-29H,14-16H2,1-2H3,(H,27,30)(H,31,32)/t17-,23+,25+/m0/s1. The molecule has 0 radical (unpaired) electrons. The molecule has 6 nitrogen and oxygen atoms in total. The molecule has 3 atom stereocenters. The van der Waals surface area contributed by atoms with Crippen LogP contribution in [0.3, 0.4) is 0 Å². The number of carboxylic acids is 1. The van der Waals surface area contributed by atoms with Gasteiger partial charge in [0.05, 0.1) is 24.2 Å². The molecule has 2 aromatic carbocycles. The van der Waals surface area contributed by atoms with Crippen LogP contribution in [0.2, 0.25) is 0 Å². The third kappa shape index (κ3) is 4.92. The second-order valence-corrected chi connectivity index (χ2v) is 8.43. The molecule has 1 aromatic heterocycles. The quantitative estimate of drug-likeness (QED) is 0.425. The fourth-order valence-corrected chi connectivity index (χ4v) is 4.47. The van der Waals surface area contributed by atoms with Gasteiger partial charge in [-0.1, -0.05) is 55.5 Å². The van der Waals surface area contributed by atoms with Crippen LogP contribution in [0.15, 0.2) is 66.9 Å². The van der Waals surface area contributed by atoms with Crippen LogP contribution in [0.25, 0.3) is 0 Å². The van der Waals surface area contributed by atoms with Gasteiger partial charge in [0, 0.05) is 19.3 Å². The second kappa shape index (κ2) is 9.83. The fraction of sp³-hybridized carbons (Fsp3) is 0.308. The van der Waals surface area contributed by atoms with Gasteiger partial charge in [0.25, 0.3) is 0 Å². The van der Waals surface area contributed by atoms with Gasteiger partial charge in [-0.05, 0) is 47.2 Å². The van der Waals surface area contributed by atoms with Gasteiger partial charge in [-0.15, -0.1) is 0 Å². The number of nitrogens with one attached hydrogen (secondary N) is 3. The van der Waals surface area contributed by atoms with Crippen molar-refractivity contribution in [2.24, 2.45) is 0 Å². The van der Waals surface area contributed by atoms with Crippen molar-refractivity contribution < 1.29 is 9.90 Å². The SMILES string of the molecule is Cc1c(CC(=O)O)cccc1[C@@H](C)CN[C@H](c1ccccc1)[C@H]1CNc2cccnc2N1. The first-order valence-electron chi connectivity index (χ1n) is 11.1. The summed E-state index contributed by atoms with van der Waals surface area (Å²) in [6.07, 6.45) is 1.85. The molecule has 1 aliphatic rings. The molecule has 4 rings (SSSR count). The predicted octanol–water partition coefficient (Wildman–Crippen LogP) is 4.36. The van der Waals surface area contributed by atoms with Crippen molar-refractivity contribution in [2.45, 2.75) is 38.3 Å². The molecule has 4 N–H and O–H groups in total. The molecule has 0 spiro atoms. The van der Waals surface area contributed by atoms with Gasteiger partial charge in [-0.2, -0.15) is 0 Å². The largest absolute Gasteiger partial charge is 0.481 e. The average Bonchev–Trinajstić information content (AvgIpc) is 2.81. The Morgan fingerprint density at radius 3 is 2.75 bits per heavy atom. The third-order valence-electron chi connectivity index (χ3n) is 6.21. The van der Waals surface area contributed by atoms with Gasteiger partial charge < -0.3 is 21.1 Å². The maximum Gasteiger partial charge on any atom is 0.307 e. The normalized spacial score (nSPS) is 16.9. The summed E-state index contributed by atoms with van der Waals surface area (Å²) in [6, 6.07) is 20.6. The zero-order valence-corrected chi connectivity index (χ0v) is 18.5. The first kappa shape index (κ1) is 21.8. The number of hydrogen-bond donors (Lipinski definition) is 4. The van der Waals surface area contributed by atoms with E-state index in [2.05, 4.69) is 58.2 Å². The van der Waals surface area contributed by atoms with Crippen molar-refractivity contribution in [1.82, 2.24) is 10.3 Å². The Morgan fingerprint density at radius 1 is 1.16 bits per heavy atom. The van der Waals surface area contributed by atoms with Gasteiger partial charge in [-0.3, -0.25) is 4.79 Å².